The first-order valence-electron chi connectivity index (χ1n) is 5.68. The third kappa shape index (κ3) is 2.51. The number of rotatable bonds is 4. The molecule has 0 aliphatic heterocycles. The predicted octanol–water partition coefficient (Wildman–Crippen LogP) is 1.25. The molecule has 1 fully saturated rings. The third-order valence-electron chi connectivity index (χ3n) is 2.87. The lowest BCUT2D eigenvalue weighted by atomic mass is 10.2. The first-order valence-corrected chi connectivity index (χ1v) is 5.68. The molecule has 1 aromatic rings. The number of amides is 1. The summed E-state index contributed by atoms with van der Waals surface area (Å²) in [6.45, 7) is 3.48. The van der Waals surface area contributed by atoms with Crippen molar-refractivity contribution in [2.24, 2.45) is 5.92 Å². The highest BCUT2D eigenvalue weighted by Gasteiger charge is 2.26. The van der Waals surface area contributed by atoms with E-state index in [0.717, 1.165) is 6.54 Å². The molecular formula is C12H16N2O2. The third-order valence-corrected chi connectivity index (χ3v) is 2.87. The molecule has 0 spiro atoms. The lowest BCUT2D eigenvalue weighted by Crippen LogP contribution is -2.33. The van der Waals surface area contributed by atoms with Crippen LogP contribution in [0.2, 0.25) is 0 Å². The van der Waals surface area contributed by atoms with E-state index >= 15 is 0 Å². The summed E-state index contributed by atoms with van der Waals surface area (Å²) < 4.78 is 0. The molecule has 0 radical (unpaired) electrons. The van der Waals surface area contributed by atoms with Crippen molar-refractivity contribution in [1.82, 2.24) is 9.88 Å². The Morgan fingerprint density at radius 1 is 1.56 bits per heavy atom. The van der Waals surface area contributed by atoms with Crippen LogP contribution in [0.1, 0.15) is 30.1 Å². The molecule has 1 amide bonds. The molecule has 16 heavy (non-hydrogen) atoms. The van der Waals surface area contributed by atoms with Gasteiger partial charge < -0.3 is 9.88 Å². The summed E-state index contributed by atoms with van der Waals surface area (Å²) in [7, 11) is 0. The average Bonchev–Trinajstić information content (AvgIpc) is 3.09. The van der Waals surface area contributed by atoms with Crippen molar-refractivity contribution in [3.05, 3.63) is 34.2 Å². The first kappa shape index (κ1) is 10.9. The Balaban J connectivity index is 2.12. The Morgan fingerprint density at radius 3 is 2.88 bits per heavy atom. The molecular weight excluding hydrogens is 204 g/mol. The van der Waals surface area contributed by atoms with Crippen molar-refractivity contribution in [3.8, 4) is 0 Å². The van der Waals surface area contributed by atoms with Crippen molar-refractivity contribution >= 4 is 5.91 Å². The van der Waals surface area contributed by atoms with Gasteiger partial charge in [0.05, 0.1) is 0 Å². The van der Waals surface area contributed by atoms with E-state index in [1.807, 2.05) is 11.8 Å². The molecule has 0 aromatic carbocycles. The molecule has 4 nitrogen and oxygen atoms in total. The molecule has 2 rings (SSSR count). The number of carbonyl (C=O) groups is 1. The molecule has 0 saturated heterocycles. The molecule has 1 N–H and O–H groups in total. The van der Waals surface area contributed by atoms with Crippen molar-refractivity contribution in [2.45, 2.75) is 19.8 Å². The molecule has 1 aliphatic carbocycles. The summed E-state index contributed by atoms with van der Waals surface area (Å²) >= 11 is 0. The van der Waals surface area contributed by atoms with Crippen LogP contribution in [0.5, 0.6) is 0 Å². The van der Waals surface area contributed by atoms with Gasteiger partial charge in [0.25, 0.3) is 5.91 Å². The Kier molecular flexibility index (Phi) is 3.08. The minimum absolute atomic E-state index is 0.0412. The van der Waals surface area contributed by atoms with Crippen LogP contribution in [0.4, 0.5) is 0 Å². The molecule has 1 aromatic heterocycles. The average molecular weight is 220 g/mol. The number of aromatic nitrogens is 1. The van der Waals surface area contributed by atoms with Crippen molar-refractivity contribution in [3.63, 3.8) is 0 Å². The fraction of sp³-hybridized carbons (Fsp3) is 0.500. The van der Waals surface area contributed by atoms with Crippen LogP contribution in [0.3, 0.4) is 0 Å². The van der Waals surface area contributed by atoms with E-state index in [4.69, 9.17) is 0 Å². The van der Waals surface area contributed by atoms with E-state index in [9.17, 15) is 9.59 Å². The molecule has 1 heterocycles. The van der Waals surface area contributed by atoms with Crippen molar-refractivity contribution < 1.29 is 4.79 Å². The maximum atomic E-state index is 12.1. The van der Waals surface area contributed by atoms with E-state index in [1.165, 1.54) is 25.1 Å². The van der Waals surface area contributed by atoms with Crippen LogP contribution in [0, 0.1) is 5.92 Å². The SMILES string of the molecule is CCN(CC1CC1)C(=O)c1cc[nH]c(=O)c1. The monoisotopic (exact) mass is 220 g/mol. The van der Waals surface area contributed by atoms with E-state index in [1.54, 1.807) is 6.07 Å². The smallest absolute Gasteiger partial charge is 0.254 e. The number of hydrogen-bond donors (Lipinski definition) is 1. The molecule has 1 saturated carbocycles. The maximum Gasteiger partial charge on any atom is 0.254 e. The number of hydrogen-bond acceptors (Lipinski definition) is 2. The molecule has 0 bridgehead atoms. The molecule has 0 unspecified atom stereocenters. The summed E-state index contributed by atoms with van der Waals surface area (Å²) in [6, 6.07) is 3.01. The predicted molar refractivity (Wildman–Crippen MR) is 61.4 cm³/mol. The van der Waals surface area contributed by atoms with Gasteiger partial charge in [-0.05, 0) is 31.7 Å². The number of pyridine rings is 1. The summed E-state index contributed by atoms with van der Waals surface area (Å²) in [4.78, 5) is 27.5. The zero-order chi connectivity index (χ0) is 11.5. The highest BCUT2D eigenvalue weighted by Crippen LogP contribution is 2.29. The Hall–Kier alpha value is -1.58. The number of nitrogens with one attached hydrogen (secondary N) is 1. The first-order chi connectivity index (χ1) is 7.70. The topological polar surface area (TPSA) is 53.2 Å². The van der Waals surface area contributed by atoms with Gasteiger partial charge in [-0.1, -0.05) is 0 Å². The van der Waals surface area contributed by atoms with E-state index in [-0.39, 0.29) is 11.5 Å². The standard InChI is InChI=1S/C12H16N2O2/c1-2-14(8-9-3-4-9)12(16)10-5-6-13-11(15)7-10/h5-7,9H,2-4,8H2,1H3,(H,13,15). The van der Waals surface area contributed by atoms with Gasteiger partial charge in [-0.3, -0.25) is 9.59 Å². The van der Waals surface area contributed by atoms with Crippen molar-refractivity contribution in [2.75, 3.05) is 13.1 Å². The normalized spacial score (nSPS) is 14.8. The quantitative estimate of drug-likeness (QED) is 0.830. The highest BCUT2D eigenvalue weighted by molar-refractivity contribution is 5.94. The van der Waals surface area contributed by atoms with Gasteiger partial charge in [-0.2, -0.15) is 0 Å². The van der Waals surface area contributed by atoms with Gasteiger partial charge in [0, 0.05) is 30.9 Å². The van der Waals surface area contributed by atoms with Crippen LogP contribution in [-0.2, 0) is 0 Å². The van der Waals surface area contributed by atoms with Crippen LogP contribution >= 0.6 is 0 Å². The second-order valence-corrected chi connectivity index (χ2v) is 4.23. The fourth-order valence-corrected chi connectivity index (χ4v) is 1.73. The minimum atomic E-state index is -0.228. The molecule has 1 aliphatic rings. The molecule has 0 atom stereocenters. The van der Waals surface area contributed by atoms with Gasteiger partial charge in [-0.25, -0.2) is 0 Å². The minimum Gasteiger partial charge on any atom is -0.339 e. The summed E-state index contributed by atoms with van der Waals surface area (Å²) in [5, 5.41) is 0. The lowest BCUT2D eigenvalue weighted by molar-refractivity contribution is 0.0756. The van der Waals surface area contributed by atoms with E-state index in [0.29, 0.717) is 18.0 Å². The Bertz CT molecular complexity index is 435. The van der Waals surface area contributed by atoms with Gasteiger partial charge in [-0.15, -0.1) is 0 Å². The van der Waals surface area contributed by atoms with E-state index in [2.05, 4.69) is 4.98 Å². The maximum absolute atomic E-state index is 12.1. The van der Waals surface area contributed by atoms with Gasteiger partial charge >= 0.3 is 0 Å². The van der Waals surface area contributed by atoms with Crippen LogP contribution in [0.15, 0.2) is 23.1 Å². The van der Waals surface area contributed by atoms with Gasteiger partial charge in [0.1, 0.15) is 0 Å². The number of carbonyl (C=O) groups excluding carboxylic acids is 1. The number of nitrogens with zero attached hydrogens (tertiary/aromatic N) is 1. The largest absolute Gasteiger partial charge is 0.339 e. The van der Waals surface area contributed by atoms with Crippen molar-refractivity contribution in [1.29, 1.82) is 0 Å². The molecule has 4 heteroatoms. The number of H-pyrrole nitrogens is 1. The second kappa shape index (κ2) is 4.51. The fourth-order valence-electron chi connectivity index (χ4n) is 1.73. The Morgan fingerprint density at radius 2 is 2.31 bits per heavy atom. The summed E-state index contributed by atoms with van der Waals surface area (Å²) in [6.07, 6.45) is 3.96. The summed E-state index contributed by atoms with van der Waals surface area (Å²) in [5.74, 6) is 0.631. The lowest BCUT2D eigenvalue weighted by Gasteiger charge is -2.20. The highest BCUT2D eigenvalue weighted by atomic mass is 16.2. The van der Waals surface area contributed by atoms with Crippen LogP contribution in [0.25, 0.3) is 0 Å². The Labute approximate surface area is 94.3 Å². The zero-order valence-corrected chi connectivity index (χ0v) is 9.40. The zero-order valence-electron chi connectivity index (χ0n) is 9.40. The summed E-state index contributed by atoms with van der Waals surface area (Å²) in [5.41, 5.74) is 0.250. The second-order valence-electron chi connectivity index (χ2n) is 4.23. The van der Waals surface area contributed by atoms with Gasteiger partial charge in [0.2, 0.25) is 5.56 Å². The number of aromatic amines is 1. The molecule has 86 valence electrons. The van der Waals surface area contributed by atoms with E-state index < -0.39 is 0 Å². The van der Waals surface area contributed by atoms with Crippen LogP contribution in [-0.4, -0.2) is 28.9 Å². The van der Waals surface area contributed by atoms with Gasteiger partial charge in [0.15, 0.2) is 0 Å². The van der Waals surface area contributed by atoms with Crippen LogP contribution < -0.4 is 5.56 Å².